The highest BCUT2D eigenvalue weighted by Crippen LogP contribution is 2.47. The number of anilines is 4. The Morgan fingerprint density at radius 2 is 1.27 bits per heavy atom. The van der Waals surface area contributed by atoms with Gasteiger partial charge in [0.2, 0.25) is 0 Å². The quantitative estimate of drug-likeness (QED) is 0.0590. The first kappa shape index (κ1) is 40.2. The molecule has 0 aliphatic heterocycles. The van der Waals surface area contributed by atoms with Gasteiger partial charge in [-0.15, -0.1) is 22.7 Å². The number of nitrogens with two attached hydrogens (primary N) is 1. The van der Waals surface area contributed by atoms with Crippen molar-refractivity contribution in [3.63, 3.8) is 0 Å². The van der Waals surface area contributed by atoms with Crippen LogP contribution in [0.25, 0.3) is 52.7 Å². The molecule has 0 saturated carbocycles. The monoisotopic (exact) mass is 876 g/mol. The SMILES string of the molecule is Cc1ccc2nc(-c3ccc(NC(=O)c4ccc(NC(=O)Nc5ccccc5)cc4)cc3-c3c(C)c(S(=O)(=O)O)cc4nc(-c5ccc(N)cc5)sc34)sc2c1S(=O)(=O)O. The van der Waals surface area contributed by atoms with Gasteiger partial charge in [0.15, 0.2) is 0 Å². The van der Waals surface area contributed by atoms with E-state index in [-0.39, 0.29) is 31.1 Å². The first-order valence-electron chi connectivity index (χ1n) is 17.9. The molecule has 18 heteroatoms. The lowest BCUT2D eigenvalue weighted by atomic mass is 9.95. The Kier molecular flexibility index (Phi) is 10.4. The average Bonchev–Trinajstić information content (AvgIpc) is 3.82. The fourth-order valence-electron chi connectivity index (χ4n) is 6.72. The number of urea groups is 1. The number of aromatic nitrogens is 2. The van der Waals surface area contributed by atoms with Crippen molar-refractivity contribution in [3.8, 4) is 32.3 Å². The first-order valence-corrected chi connectivity index (χ1v) is 22.4. The van der Waals surface area contributed by atoms with Crippen LogP contribution >= 0.6 is 22.7 Å². The first-order chi connectivity index (χ1) is 28.5. The van der Waals surface area contributed by atoms with Crippen molar-refractivity contribution in [2.75, 3.05) is 21.7 Å². The Bertz CT molecular complexity index is 3240. The Labute approximate surface area is 351 Å². The number of amides is 3. The molecule has 0 aliphatic rings. The predicted octanol–water partition coefficient (Wildman–Crippen LogP) is 9.50. The van der Waals surface area contributed by atoms with Crippen molar-refractivity contribution in [2.45, 2.75) is 23.6 Å². The number of aryl methyl sites for hydroxylation is 1. The summed E-state index contributed by atoms with van der Waals surface area (Å²) in [7, 11) is -9.45. The number of thiazole rings is 2. The van der Waals surface area contributed by atoms with Crippen LogP contribution in [-0.4, -0.2) is 47.8 Å². The molecule has 6 aromatic carbocycles. The number of nitrogen functional groups attached to an aromatic ring is 1. The molecule has 0 unspecified atom stereocenters. The minimum atomic E-state index is -4.79. The highest BCUT2D eigenvalue weighted by atomic mass is 32.2. The summed E-state index contributed by atoms with van der Waals surface area (Å²) in [6.07, 6.45) is 0. The molecule has 0 spiro atoms. The highest BCUT2D eigenvalue weighted by molar-refractivity contribution is 7.86. The molecule has 8 rings (SSSR count). The molecular formula is C42H32N6O8S4. The van der Waals surface area contributed by atoms with Crippen molar-refractivity contribution in [1.82, 2.24) is 9.97 Å². The summed E-state index contributed by atoms with van der Waals surface area (Å²) in [6, 6.07) is 31.0. The van der Waals surface area contributed by atoms with Crippen molar-refractivity contribution in [3.05, 3.63) is 132 Å². The van der Waals surface area contributed by atoms with Crippen LogP contribution in [0.1, 0.15) is 21.5 Å². The maximum atomic E-state index is 13.7. The van der Waals surface area contributed by atoms with Gasteiger partial charge in [-0.1, -0.05) is 24.3 Å². The maximum Gasteiger partial charge on any atom is 0.323 e. The number of hydrogen-bond donors (Lipinski definition) is 6. The fraction of sp³-hybridized carbons (Fsp3) is 0.0476. The summed E-state index contributed by atoms with van der Waals surface area (Å²) < 4.78 is 72.3. The van der Waals surface area contributed by atoms with Crippen molar-refractivity contribution in [1.29, 1.82) is 0 Å². The van der Waals surface area contributed by atoms with E-state index in [9.17, 15) is 35.5 Å². The average molecular weight is 877 g/mol. The number of hydrogen-bond acceptors (Lipinski definition) is 11. The van der Waals surface area contributed by atoms with Crippen molar-refractivity contribution in [2.24, 2.45) is 0 Å². The van der Waals surface area contributed by atoms with Crippen LogP contribution < -0.4 is 21.7 Å². The number of fused-ring (bicyclic) bond motifs is 2. The van der Waals surface area contributed by atoms with Crippen LogP contribution in [0.5, 0.6) is 0 Å². The van der Waals surface area contributed by atoms with E-state index in [2.05, 4.69) is 16.0 Å². The topological polar surface area (TPSA) is 231 Å². The minimum absolute atomic E-state index is 0.178. The number of benzene rings is 6. The molecular weight excluding hydrogens is 845 g/mol. The molecule has 60 heavy (non-hydrogen) atoms. The number of carbonyl (C=O) groups is 2. The molecule has 0 atom stereocenters. The zero-order valence-corrected chi connectivity index (χ0v) is 34.7. The van der Waals surface area contributed by atoms with Gasteiger partial charge in [0.25, 0.3) is 26.1 Å². The third kappa shape index (κ3) is 8.07. The summed E-state index contributed by atoms with van der Waals surface area (Å²) in [5.74, 6) is -0.501. The van der Waals surface area contributed by atoms with E-state index >= 15 is 0 Å². The van der Waals surface area contributed by atoms with Crippen LogP contribution in [0, 0.1) is 13.8 Å². The van der Waals surface area contributed by atoms with Crippen LogP contribution in [0.2, 0.25) is 0 Å². The number of nitrogens with one attached hydrogen (secondary N) is 3. The molecule has 3 amide bonds. The Balaban J connectivity index is 1.25. The third-order valence-electron chi connectivity index (χ3n) is 9.51. The molecule has 14 nitrogen and oxygen atoms in total. The second-order valence-electron chi connectivity index (χ2n) is 13.6. The van der Waals surface area contributed by atoms with E-state index in [0.717, 1.165) is 11.3 Å². The largest absolute Gasteiger partial charge is 0.399 e. The highest BCUT2D eigenvalue weighted by Gasteiger charge is 2.27. The van der Waals surface area contributed by atoms with Crippen molar-refractivity contribution >= 4 is 98.0 Å². The van der Waals surface area contributed by atoms with Crippen LogP contribution in [0.15, 0.2) is 125 Å². The zero-order chi connectivity index (χ0) is 42.5. The Morgan fingerprint density at radius 3 is 1.93 bits per heavy atom. The Morgan fingerprint density at radius 1 is 0.633 bits per heavy atom. The van der Waals surface area contributed by atoms with E-state index in [0.29, 0.717) is 70.8 Å². The molecule has 0 radical (unpaired) electrons. The van der Waals surface area contributed by atoms with E-state index in [4.69, 9.17) is 15.7 Å². The number of rotatable bonds is 9. The lowest BCUT2D eigenvalue weighted by Crippen LogP contribution is -2.19. The third-order valence-corrected chi connectivity index (χ3v) is 13.9. The van der Waals surface area contributed by atoms with Gasteiger partial charge in [0.05, 0.1) is 25.3 Å². The molecule has 7 N–H and O–H groups in total. The summed E-state index contributed by atoms with van der Waals surface area (Å²) in [5, 5.41) is 9.20. The van der Waals surface area contributed by atoms with Crippen LogP contribution in [0.4, 0.5) is 27.5 Å². The van der Waals surface area contributed by atoms with Gasteiger partial charge in [-0.2, -0.15) is 16.8 Å². The smallest absolute Gasteiger partial charge is 0.323 e. The number of carbonyl (C=O) groups excluding carboxylic acids is 2. The van der Waals surface area contributed by atoms with E-state index in [1.54, 1.807) is 98.8 Å². The number of para-hydroxylation sites is 1. The zero-order valence-electron chi connectivity index (χ0n) is 31.4. The molecule has 0 fully saturated rings. The molecule has 8 aromatic rings. The van der Waals surface area contributed by atoms with Crippen LogP contribution in [0.3, 0.4) is 0 Å². The normalized spacial score (nSPS) is 11.8. The molecule has 2 aromatic heterocycles. The molecule has 2 heterocycles. The lowest BCUT2D eigenvalue weighted by Gasteiger charge is -2.16. The molecule has 0 saturated heterocycles. The Hall–Kier alpha value is -6.54. The predicted molar refractivity (Wildman–Crippen MR) is 236 cm³/mol. The summed E-state index contributed by atoms with van der Waals surface area (Å²) in [4.78, 5) is 35.0. The number of nitrogens with zero attached hydrogens (tertiary/aromatic N) is 2. The fourth-order valence-corrected chi connectivity index (χ4v) is 11.0. The van der Waals surface area contributed by atoms with Crippen LogP contribution in [-0.2, 0) is 20.2 Å². The van der Waals surface area contributed by atoms with Gasteiger partial charge < -0.3 is 21.7 Å². The van der Waals surface area contributed by atoms with E-state index in [1.165, 1.54) is 35.6 Å². The lowest BCUT2D eigenvalue weighted by molar-refractivity contribution is 0.102. The van der Waals surface area contributed by atoms with Gasteiger partial charge in [-0.05, 0) is 122 Å². The van der Waals surface area contributed by atoms with E-state index < -0.39 is 32.2 Å². The van der Waals surface area contributed by atoms with Gasteiger partial charge in [-0.3, -0.25) is 13.9 Å². The van der Waals surface area contributed by atoms with Gasteiger partial charge in [0, 0.05) is 45.0 Å². The molecule has 0 aliphatic carbocycles. The minimum Gasteiger partial charge on any atom is -0.399 e. The second-order valence-corrected chi connectivity index (χ2v) is 18.4. The van der Waals surface area contributed by atoms with Gasteiger partial charge in [0.1, 0.15) is 14.9 Å². The van der Waals surface area contributed by atoms with Crippen molar-refractivity contribution < 1.29 is 35.5 Å². The van der Waals surface area contributed by atoms with Gasteiger partial charge >= 0.3 is 6.03 Å². The molecule has 0 bridgehead atoms. The van der Waals surface area contributed by atoms with Gasteiger partial charge in [-0.25, -0.2) is 14.8 Å². The standard InChI is InChI=1S/C42H32N6O8S4/c1-22-8-19-32-37(38(22)60(54,55)56)58-41(47-32)30-18-17-29(44-39(49)24-11-15-28(16-12-24)46-42(50)45-27-6-4-3-5-7-27)20-31(30)35-23(2)34(59(51,52)53)21-33-36(35)57-40(48-33)25-9-13-26(43)14-10-25/h3-21H,43H2,1-2H3,(H,44,49)(H2,45,46,50)(H,51,52,53)(H,54,55,56). The summed E-state index contributed by atoms with van der Waals surface area (Å²) >= 11 is 2.28. The van der Waals surface area contributed by atoms with E-state index in [1.807, 2.05) is 6.07 Å². The summed E-state index contributed by atoms with van der Waals surface area (Å²) in [5.41, 5.74) is 11.0. The maximum absolute atomic E-state index is 13.7. The second kappa shape index (κ2) is 15.6. The summed E-state index contributed by atoms with van der Waals surface area (Å²) in [6.45, 7) is 3.10. The molecule has 302 valence electrons.